The lowest BCUT2D eigenvalue weighted by atomic mass is 10.1. The van der Waals surface area contributed by atoms with Crippen LogP contribution in [-0.2, 0) is 16.0 Å². The Hall–Kier alpha value is -3.76. The van der Waals surface area contributed by atoms with Gasteiger partial charge in [-0.15, -0.1) is 0 Å². The van der Waals surface area contributed by atoms with Crippen molar-refractivity contribution in [3.63, 3.8) is 0 Å². The van der Waals surface area contributed by atoms with Gasteiger partial charge in [-0.1, -0.05) is 31.2 Å². The molecule has 0 amide bonds. The van der Waals surface area contributed by atoms with E-state index in [1.165, 1.54) is 18.0 Å². The Kier molecular flexibility index (Phi) is 10.6. The molecule has 10 nitrogen and oxygen atoms in total. The molecule has 1 fully saturated rings. The Morgan fingerprint density at radius 2 is 1.86 bits per heavy atom. The molecular weight excluding hydrogens is 468 g/mol. The van der Waals surface area contributed by atoms with E-state index in [0.29, 0.717) is 56.3 Å². The van der Waals surface area contributed by atoms with Crippen molar-refractivity contribution < 1.29 is 9.53 Å². The minimum absolute atomic E-state index is 0.373. The maximum atomic E-state index is 11.0. The fourth-order valence-electron chi connectivity index (χ4n) is 3.84. The molecule has 1 saturated heterocycles. The summed E-state index contributed by atoms with van der Waals surface area (Å²) in [4.78, 5) is 39.4. The minimum atomic E-state index is 0.373. The number of rotatable bonds is 13. The summed E-state index contributed by atoms with van der Waals surface area (Å²) in [6, 6.07) is 8.36. The van der Waals surface area contributed by atoms with Gasteiger partial charge in [0.2, 0.25) is 0 Å². The molecule has 196 valence electrons. The second-order valence-electron chi connectivity index (χ2n) is 8.73. The standard InChI is InChI=1S/C27H36N8O2/c1-6-21-7-9-23(10-8-21)25-31-26(24(29-3)27(32-25)35-13-15-37-16-14-35)34(5)12-11-33(4)20-30-18-22(19-36)17-28-2/h7-10,17-19H,2-3,6,11-16,20H2,1,4-5H3/b22-17+,30-18-. The summed E-state index contributed by atoms with van der Waals surface area (Å²) in [7, 11) is 3.96. The fraction of sp³-hybridized carbons (Fsp3) is 0.407. The zero-order valence-electron chi connectivity index (χ0n) is 22.0. The van der Waals surface area contributed by atoms with Crippen LogP contribution in [0.4, 0.5) is 17.3 Å². The van der Waals surface area contributed by atoms with Crippen molar-refractivity contribution in [2.24, 2.45) is 15.0 Å². The molecule has 10 heteroatoms. The van der Waals surface area contributed by atoms with Crippen LogP contribution in [0.15, 0.2) is 51.0 Å². The van der Waals surface area contributed by atoms with Gasteiger partial charge in [0.05, 0.1) is 25.5 Å². The Morgan fingerprint density at radius 1 is 1.14 bits per heavy atom. The maximum absolute atomic E-state index is 11.0. The summed E-state index contributed by atoms with van der Waals surface area (Å²) in [6.07, 6.45) is 4.55. The van der Waals surface area contributed by atoms with Crippen LogP contribution in [0, 0.1) is 0 Å². The van der Waals surface area contributed by atoms with Crippen LogP contribution in [0.2, 0.25) is 0 Å². The lowest BCUT2D eigenvalue weighted by molar-refractivity contribution is -0.104. The van der Waals surface area contributed by atoms with Crippen LogP contribution in [-0.4, -0.2) is 101 Å². The summed E-state index contributed by atoms with van der Waals surface area (Å²) in [5.74, 6) is 2.15. The predicted molar refractivity (Wildman–Crippen MR) is 152 cm³/mol. The van der Waals surface area contributed by atoms with Crippen molar-refractivity contribution in [1.82, 2.24) is 14.9 Å². The third-order valence-corrected chi connectivity index (χ3v) is 6.05. The lowest BCUT2D eigenvalue weighted by Gasteiger charge is -2.31. The van der Waals surface area contributed by atoms with E-state index in [2.05, 4.69) is 69.4 Å². The number of nitrogens with zero attached hydrogens (tertiary/aromatic N) is 8. The predicted octanol–water partition coefficient (Wildman–Crippen LogP) is 3.05. The molecule has 37 heavy (non-hydrogen) atoms. The van der Waals surface area contributed by atoms with Crippen LogP contribution in [0.3, 0.4) is 0 Å². The summed E-state index contributed by atoms with van der Waals surface area (Å²) < 4.78 is 5.56. The molecule has 0 saturated carbocycles. The van der Waals surface area contributed by atoms with Crippen LogP contribution in [0.5, 0.6) is 0 Å². The van der Waals surface area contributed by atoms with E-state index < -0.39 is 0 Å². The number of allylic oxidation sites excluding steroid dienone is 1. The molecule has 1 aromatic carbocycles. The van der Waals surface area contributed by atoms with Crippen molar-refractivity contribution in [2.75, 3.05) is 70.0 Å². The van der Waals surface area contributed by atoms with Crippen molar-refractivity contribution in [3.05, 3.63) is 41.6 Å². The molecular formula is C27H36N8O2. The molecule has 0 atom stereocenters. The number of anilines is 2. The number of benzene rings is 1. The van der Waals surface area contributed by atoms with Gasteiger partial charge in [-0.05, 0) is 32.5 Å². The van der Waals surface area contributed by atoms with Crippen molar-refractivity contribution in [1.29, 1.82) is 0 Å². The van der Waals surface area contributed by atoms with Crippen molar-refractivity contribution >= 4 is 43.3 Å². The van der Waals surface area contributed by atoms with Gasteiger partial charge in [-0.2, -0.15) is 0 Å². The molecule has 0 unspecified atom stereocenters. The average Bonchev–Trinajstić information content (AvgIpc) is 2.95. The summed E-state index contributed by atoms with van der Waals surface area (Å²) in [6.45, 7) is 13.9. The topological polar surface area (TPSA) is 98.9 Å². The van der Waals surface area contributed by atoms with Gasteiger partial charge in [0, 0.05) is 51.2 Å². The fourth-order valence-corrected chi connectivity index (χ4v) is 3.84. The normalized spacial score (nSPS) is 14.3. The smallest absolute Gasteiger partial charge is 0.164 e. The highest BCUT2D eigenvalue weighted by atomic mass is 16.5. The maximum Gasteiger partial charge on any atom is 0.164 e. The molecule has 2 aromatic rings. The Labute approximate surface area is 219 Å². The number of carbonyl (C=O) groups is 1. The first kappa shape index (κ1) is 27.8. The number of carbonyl (C=O) groups excluding carboxylic acids is 1. The number of hydrogen-bond donors (Lipinski definition) is 0. The number of aliphatic imine (C=N–C) groups is 3. The third kappa shape index (κ3) is 7.61. The molecule has 0 spiro atoms. The number of aromatic nitrogens is 2. The molecule has 1 aliphatic rings. The highest BCUT2D eigenvalue weighted by Gasteiger charge is 2.23. The van der Waals surface area contributed by atoms with Gasteiger partial charge in [0.1, 0.15) is 5.69 Å². The molecule has 0 N–H and O–H groups in total. The number of aldehydes is 1. The molecule has 2 heterocycles. The first-order chi connectivity index (χ1) is 18.0. The van der Waals surface area contributed by atoms with Gasteiger partial charge >= 0.3 is 0 Å². The third-order valence-electron chi connectivity index (χ3n) is 6.05. The average molecular weight is 505 g/mol. The molecule has 1 aliphatic heterocycles. The van der Waals surface area contributed by atoms with Gasteiger partial charge in [-0.3, -0.25) is 24.7 Å². The molecule has 0 radical (unpaired) electrons. The molecule has 0 bridgehead atoms. The molecule has 1 aromatic heterocycles. The summed E-state index contributed by atoms with van der Waals surface area (Å²) in [5.41, 5.74) is 3.26. The minimum Gasteiger partial charge on any atom is -0.378 e. The van der Waals surface area contributed by atoms with Gasteiger partial charge in [-0.25, -0.2) is 9.97 Å². The van der Waals surface area contributed by atoms with Crippen molar-refractivity contribution in [2.45, 2.75) is 13.3 Å². The number of ether oxygens (including phenoxy) is 1. The first-order valence-corrected chi connectivity index (χ1v) is 12.3. The summed E-state index contributed by atoms with van der Waals surface area (Å²) >= 11 is 0. The summed E-state index contributed by atoms with van der Waals surface area (Å²) in [5, 5.41) is 0. The van der Waals surface area contributed by atoms with E-state index in [9.17, 15) is 4.79 Å². The van der Waals surface area contributed by atoms with E-state index in [-0.39, 0.29) is 0 Å². The first-order valence-electron chi connectivity index (χ1n) is 12.3. The highest BCUT2D eigenvalue weighted by molar-refractivity contribution is 6.01. The van der Waals surface area contributed by atoms with Crippen molar-refractivity contribution in [3.8, 4) is 11.4 Å². The van der Waals surface area contributed by atoms with E-state index in [4.69, 9.17) is 14.7 Å². The second-order valence-corrected chi connectivity index (χ2v) is 8.73. The Bertz CT molecular complexity index is 1120. The Balaban J connectivity index is 1.85. The van der Waals surface area contributed by atoms with E-state index >= 15 is 0 Å². The van der Waals surface area contributed by atoms with Gasteiger partial charge < -0.3 is 14.5 Å². The number of likely N-dealkylation sites (N-methyl/N-ethyl adjacent to an activating group) is 2. The van der Waals surface area contributed by atoms with Gasteiger partial charge in [0.25, 0.3) is 0 Å². The quantitative estimate of drug-likeness (QED) is 0.235. The SMILES string of the molecule is C=N/C=C(C=O)\C=N/CN(C)CCN(C)c1nc(-c2ccc(CC)cc2)nc(N2CCOCC2)c1N=C. The second kappa shape index (κ2) is 14.1. The highest BCUT2D eigenvalue weighted by Crippen LogP contribution is 2.37. The van der Waals surface area contributed by atoms with Crippen LogP contribution < -0.4 is 9.80 Å². The zero-order valence-corrected chi connectivity index (χ0v) is 22.0. The van der Waals surface area contributed by atoms with E-state index in [0.717, 1.165) is 36.7 Å². The monoisotopic (exact) mass is 504 g/mol. The lowest BCUT2D eigenvalue weighted by Crippen LogP contribution is -2.37. The largest absolute Gasteiger partial charge is 0.378 e. The number of aryl methyl sites for hydroxylation is 1. The molecule has 0 aliphatic carbocycles. The van der Waals surface area contributed by atoms with Gasteiger partial charge in [0.15, 0.2) is 23.7 Å². The van der Waals surface area contributed by atoms with E-state index in [1.54, 1.807) is 0 Å². The zero-order chi connectivity index (χ0) is 26.6. The van der Waals surface area contributed by atoms with Crippen LogP contribution >= 0.6 is 0 Å². The molecule has 3 rings (SSSR count). The number of hydrogen-bond acceptors (Lipinski definition) is 10. The van der Waals surface area contributed by atoms with Crippen LogP contribution in [0.1, 0.15) is 12.5 Å². The number of morpholine rings is 1. The Morgan fingerprint density at radius 3 is 2.49 bits per heavy atom. The van der Waals surface area contributed by atoms with Crippen LogP contribution in [0.25, 0.3) is 11.4 Å². The van der Waals surface area contributed by atoms with E-state index in [1.807, 2.05) is 19.0 Å².